The first-order valence-corrected chi connectivity index (χ1v) is 12.7. The quantitative estimate of drug-likeness (QED) is 0.419. The molecule has 2 heterocycles. The van der Waals surface area contributed by atoms with Crippen LogP contribution < -0.4 is 16.0 Å². The van der Waals surface area contributed by atoms with Crippen LogP contribution in [0.3, 0.4) is 0 Å². The Labute approximate surface area is 219 Å². The zero-order valence-corrected chi connectivity index (χ0v) is 22.1. The molecule has 6 atom stereocenters. The fourth-order valence-corrected chi connectivity index (χ4v) is 6.18. The van der Waals surface area contributed by atoms with Crippen LogP contribution in [0.2, 0.25) is 0 Å². The van der Waals surface area contributed by atoms with Gasteiger partial charge in [-0.05, 0) is 56.8 Å². The van der Waals surface area contributed by atoms with Crippen molar-refractivity contribution in [3.8, 4) is 6.07 Å². The monoisotopic (exact) mass is 541 g/mol. The molecule has 6 unspecified atom stereocenters. The third kappa shape index (κ3) is 4.95. The molecule has 1 spiro atoms. The van der Waals surface area contributed by atoms with Crippen LogP contribution in [0.4, 0.5) is 13.2 Å². The molecule has 10 nitrogen and oxygen atoms in total. The predicted molar refractivity (Wildman–Crippen MR) is 126 cm³/mol. The van der Waals surface area contributed by atoms with Gasteiger partial charge in [0.2, 0.25) is 17.7 Å². The topological polar surface area (TPSA) is 141 Å². The Morgan fingerprint density at radius 3 is 2.37 bits per heavy atom. The average molecular weight is 542 g/mol. The van der Waals surface area contributed by atoms with Crippen molar-refractivity contribution in [2.45, 2.75) is 88.8 Å². The summed E-state index contributed by atoms with van der Waals surface area (Å²) in [5.41, 5.74) is -2.01. The summed E-state index contributed by atoms with van der Waals surface area (Å²) in [6.07, 6.45) is -2.73. The van der Waals surface area contributed by atoms with Crippen molar-refractivity contribution in [2.75, 3.05) is 13.7 Å². The Kier molecular flexibility index (Phi) is 6.74. The van der Waals surface area contributed by atoms with Crippen LogP contribution in [0.25, 0.3) is 0 Å². The maximum Gasteiger partial charge on any atom is 0.471 e. The van der Waals surface area contributed by atoms with Gasteiger partial charge in [0.05, 0.1) is 11.7 Å². The number of nitrogens with one attached hydrogen (secondary N) is 3. The second-order valence-corrected chi connectivity index (χ2v) is 12.2. The van der Waals surface area contributed by atoms with Gasteiger partial charge in [0.1, 0.15) is 18.1 Å². The van der Waals surface area contributed by atoms with Gasteiger partial charge in [-0.2, -0.15) is 18.4 Å². The Hall–Kier alpha value is -2.88. The van der Waals surface area contributed by atoms with Crippen LogP contribution >= 0.6 is 0 Å². The predicted octanol–water partition coefficient (Wildman–Crippen LogP) is 1.01. The zero-order valence-electron chi connectivity index (χ0n) is 22.1. The SMILES string of the molecule is COC(C)(C)C(NC(=O)C(F)(F)F)C(=O)N1CC2C(C1C(=O)NC(C#N)CC1CC3(CC3)NC1=O)C2(C)C. The highest BCUT2D eigenvalue weighted by atomic mass is 19.4. The number of amides is 4. The van der Waals surface area contributed by atoms with Crippen LogP contribution in [0.15, 0.2) is 0 Å². The number of methoxy groups -OCH3 is 1. The van der Waals surface area contributed by atoms with E-state index in [4.69, 9.17) is 4.74 Å². The lowest BCUT2D eigenvalue weighted by Gasteiger charge is -2.38. The van der Waals surface area contributed by atoms with E-state index in [1.54, 1.807) is 5.32 Å². The molecule has 38 heavy (non-hydrogen) atoms. The summed E-state index contributed by atoms with van der Waals surface area (Å²) in [5, 5.41) is 17.1. The van der Waals surface area contributed by atoms with Crippen molar-refractivity contribution in [3.05, 3.63) is 0 Å². The Morgan fingerprint density at radius 2 is 1.87 bits per heavy atom. The van der Waals surface area contributed by atoms with Gasteiger partial charge in [-0.3, -0.25) is 19.2 Å². The van der Waals surface area contributed by atoms with Gasteiger partial charge < -0.3 is 25.6 Å². The number of carbonyl (C=O) groups excluding carboxylic acids is 4. The number of alkyl halides is 3. The van der Waals surface area contributed by atoms with Crippen molar-refractivity contribution in [2.24, 2.45) is 23.2 Å². The molecule has 0 aromatic rings. The van der Waals surface area contributed by atoms with Gasteiger partial charge in [-0.1, -0.05) is 13.8 Å². The van der Waals surface area contributed by atoms with E-state index in [1.165, 1.54) is 25.9 Å². The Bertz CT molecular complexity index is 1080. The number of rotatable bonds is 8. The highest BCUT2D eigenvalue weighted by Crippen LogP contribution is 2.65. The molecule has 2 saturated carbocycles. The summed E-state index contributed by atoms with van der Waals surface area (Å²) in [4.78, 5) is 52.4. The molecule has 3 N–H and O–H groups in total. The number of halogens is 3. The lowest BCUT2D eigenvalue weighted by atomic mass is 9.93. The molecule has 2 aliphatic carbocycles. The Morgan fingerprint density at radius 1 is 1.24 bits per heavy atom. The molecule has 2 saturated heterocycles. The first-order chi connectivity index (χ1) is 17.5. The average Bonchev–Trinajstić information content (AvgIpc) is 3.54. The first-order valence-electron chi connectivity index (χ1n) is 12.7. The number of hydrogen-bond acceptors (Lipinski definition) is 6. The summed E-state index contributed by atoms with van der Waals surface area (Å²) in [6.45, 7) is 6.72. The number of piperidine rings is 1. The van der Waals surface area contributed by atoms with E-state index in [1.807, 2.05) is 19.9 Å². The molecule has 13 heteroatoms. The van der Waals surface area contributed by atoms with Crippen LogP contribution in [0.1, 0.15) is 53.4 Å². The van der Waals surface area contributed by atoms with Gasteiger partial charge in [0.15, 0.2) is 0 Å². The van der Waals surface area contributed by atoms with E-state index in [9.17, 15) is 37.6 Å². The summed E-state index contributed by atoms with van der Waals surface area (Å²) < 4.78 is 44.4. The largest absolute Gasteiger partial charge is 0.471 e. The number of nitriles is 1. The van der Waals surface area contributed by atoms with Gasteiger partial charge in [-0.25, -0.2) is 0 Å². The van der Waals surface area contributed by atoms with Crippen LogP contribution in [-0.2, 0) is 23.9 Å². The van der Waals surface area contributed by atoms with E-state index < -0.39 is 53.5 Å². The van der Waals surface area contributed by atoms with Gasteiger partial charge in [0.25, 0.3) is 0 Å². The summed E-state index contributed by atoms with van der Waals surface area (Å²) >= 11 is 0. The first kappa shape index (κ1) is 28.1. The summed E-state index contributed by atoms with van der Waals surface area (Å²) in [7, 11) is 1.21. The van der Waals surface area contributed by atoms with Gasteiger partial charge >= 0.3 is 12.1 Å². The molecular weight excluding hydrogens is 507 g/mol. The fourth-order valence-electron chi connectivity index (χ4n) is 6.18. The molecule has 210 valence electrons. The van der Waals surface area contributed by atoms with Crippen LogP contribution in [0, 0.1) is 34.5 Å². The standard InChI is InChI=1S/C25H34F3N5O5/c1-22(2)14-11-33(20(36)17(23(3,4)38-5)31-21(37)25(26,27)28)16(15(14)22)19(35)30-13(10-29)8-12-9-24(6-7-24)32-18(12)34/h12-17H,6-9,11H2,1-5H3,(H,30,35)(H,31,37)(H,32,34). The number of fused-ring (bicyclic) bond motifs is 1. The third-order valence-corrected chi connectivity index (χ3v) is 9.00. The molecule has 2 aliphatic heterocycles. The van der Waals surface area contributed by atoms with Crippen molar-refractivity contribution < 1.29 is 37.1 Å². The molecular formula is C25H34F3N5O5. The smallest absolute Gasteiger partial charge is 0.376 e. The zero-order chi connectivity index (χ0) is 28.4. The maximum absolute atomic E-state index is 13.6. The van der Waals surface area contributed by atoms with E-state index in [2.05, 4.69) is 10.6 Å². The van der Waals surface area contributed by atoms with Gasteiger partial charge in [-0.15, -0.1) is 0 Å². The van der Waals surface area contributed by atoms with E-state index >= 15 is 0 Å². The van der Waals surface area contributed by atoms with E-state index in [-0.39, 0.29) is 41.7 Å². The maximum atomic E-state index is 13.6. The third-order valence-electron chi connectivity index (χ3n) is 9.00. The molecule has 0 bridgehead atoms. The minimum atomic E-state index is -5.22. The molecule has 0 aromatic heterocycles. The molecule has 0 radical (unpaired) electrons. The van der Waals surface area contributed by atoms with Crippen molar-refractivity contribution in [1.29, 1.82) is 5.26 Å². The van der Waals surface area contributed by atoms with Crippen molar-refractivity contribution in [3.63, 3.8) is 0 Å². The number of carbonyl (C=O) groups is 4. The number of nitrogens with zero attached hydrogens (tertiary/aromatic N) is 2. The highest BCUT2D eigenvalue weighted by Gasteiger charge is 2.70. The fraction of sp³-hybridized carbons (Fsp3) is 0.800. The lowest BCUT2D eigenvalue weighted by molar-refractivity contribution is -0.178. The number of likely N-dealkylation sites (tertiary alicyclic amines) is 1. The van der Waals surface area contributed by atoms with Crippen LogP contribution in [-0.4, -0.2) is 77.6 Å². The molecule has 4 amide bonds. The molecule has 0 aromatic carbocycles. The highest BCUT2D eigenvalue weighted by molar-refractivity contribution is 5.95. The Balaban J connectivity index is 1.52. The van der Waals surface area contributed by atoms with Crippen molar-refractivity contribution >= 4 is 23.6 Å². The van der Waals surface area contributed by atoms with E-state index in [0.29, 0.717) is 6.42 Å². The minimum absolute atomic E-state index is 0.0808. The van der Waals surface area contributed by atoms with E-state index in [0.717, 1.165) is 12.8 Å². The summed E-state index contributed by atoms with van der Waals surface area (Å²) in [6, 6.07) is -1.73. The number of hydrogen-bond donors (Lipinski definition) is 3. The number of ether oxygens (including phenoxy) is 1. The van der Waals surface area contributed by atoms with Gasteiger partial charge in [0, 0.05) is 25.1 Å². The molecule has 4 fully saturated rings. The lowest BCUT2D eigenvalue weighted by Crippen LogP contribution is -2.63. The summed E-state index contributed by atoms with van der Waals surface area (Å²) in [5.74, 6) is -4.71. The second-order valence-electron chi connectivity index (χ2n) is 12.2. The van der Waals surface area contributed by atoms with Crippen molar-refractivity contribution in [1.82, 2.24) is 20.9 Å². The van der Waals surface area contributed by atoms with Crippen LogP contribution in [0.5, 0.6) is 0 Å². The second kappa shape index (κ2) is 9.10. The molecule has 4 rings (SSSR count). The minimum Gasteiger partial charge on any atom is -0.376 e. The normalized spacial score (nSPS) is 30.1. The molecule has 4 aliphatic rings.